The zero-order valence-corrected chi connectivity index (χ0v) is 12.7. The van der Waals surface area contributed by atoms with E-state index in [2.05, 4.69) is 10.9 Å². The molecule has 3 aromatic rings. The van der Waals surface area contributed by atoms with Gasteiger partial charge in [-0.05, 0) is 18.1 Å². The van der Waals surface area contributed by atoms with Crippen LogP contribution in [0.1, 0.15) is 5.89 Å². The van der Waals surface area contributed by atoms with Gasteiger partial charge in [0.25, 0.3) is 5.89 Å². The number of terminal acetylenes is 1. The Kier molecular flexibility index (Phi) is 3.74. The number of nitrogens with two attached hydrogens (primary N) is 1. The van der Waals surface area contributed by atoms with Crippen molar-refractivity contribution in [1.29, 1.82) is 0 Å². The van der Waals surface area contributed by atoms with Crippen LogP contribution in [0.4, 0.5) is 0 Å². The van der Waals surface area contributed by atoms with Gasteiger partial charge in [-0.3, -0.25) is 0 Å². The van der Waals surface area contributed by atoms with Gasteiger partial charge in [0, 0.05) is 11.1 Å². The monoisotopic (exact) mass is 324 g/mol. The number of benzene rings is 2. The first-order valence-electron chi connectivity index (χ1n) is 6.66. The molecule has 0 aliphatic carbocycles. The Balaban J connectivity index is 2.31. The zero-order chi connectivity index (χ0) is 16.4. The second-order valence-electron chi connectivity index (χ2n) is 4.75. The van der Waals surface area contributed by atoms with Crippen molar-refractivity contribution in [3.63, 3.8) is 0 Å². The predicted molar refractivity (Wildman–Crippen MR) is 86.7 cm³/mol. The summed E-state index contributed by atoms with van der Waals surface area (Å²) in [6.07, 6.45) is 5.36. The second-order valence-corrected chi connectivity index (χ2v) is 6.28. The predicted octanol–water partition coefficient (Wildman–Crippen LogP) is 2.64. The second kappa shape index (κ2) is 5.72. The van der Waals surface area contributed by atoms with Crippen LogP contribution in [0.15, 0.2) is 63.9 Å². The largest absolute Gasteiger partial charge is 0.429 e. The molecule has 0 aliphatic rings. The third kappa shape index (κ3) is 2.88. The molecule has 114 valence electrons. The fraction of sp³-hybridized carbons (Fsp3) is 0. The van der Waals surface area contributed by atoms with Crippen LogP contribution in [-0.4, -0.2) is 13.4 Å². The molecule has 0 bridgehead atoms. The van der Waals surface area contributed by atoms with Crippen LogP contribution in [0.5, 0.6) is 0 Å². The average molecular weight is 324 g/mol. The van der Waals surface area contributed by atoms with Crippen molar-refractivity contribution in [2.24, 2.45) is 5.14 Å². The van der Waals surface area contributed by atoms with E-state index >= 15 is 0 Å². The van der Waals surface area contributed by atoms with Gasteiger partial charge in [0.05, 0.1) is 4.90 Å². The van der Waals surface area contributed by atoms with Gasteiger partial charge in [0.2, 0.25) is 10.0 Å². The number of sulfonamides is 1. The van der Waals surface area contributed by atoms with Gasteiger partial charge in [0.1, 0.15) is 5.69 Å². The summed E-state index contributed by atoms with van der Waals surface area (Å²) in [5, 5.41) is 5.29. The Morgan fingerprint density at radius 3 is 2.35 bits per heavy atom. The maximum atomic E-state index is 11.8. The smallest absolute Gasteiger partial charge is 0.274 e. The molecule has 0 unspecified atom stereocenters. The Labute approximate surface area is 133 Å². The molecule has 6 heteroatoms. The van der Waals surface area contributed by atoms with E-state index in [0.717, 1.165) is 5.56 Å². The van der Waals surface area contributed by atoms with Crippen LogP contribution in [0, 0.1) is 12.3 Å². The van der Waals surface area contributed by atoms with Crippen molar-refractivity contribution >= 4 is 10.0 Å². The average Bonchev–Trinajstić information content (AvgIpc) is 2.99. The molecule has 0 amide bonds. The van der Waals surface area contributed by atoms with Gasteiger partial charge in [-0.25, -0.2) is 18.5 Å². The van der Waals surface area contributed by atoms with Gasteiger partial charge in [-0.15, -0.1) is 6.42 Å². The van der Waals surface area contributed by atoms with E-state index in [1.807, 2.05) is 30.3 Å². The quantitative estimate of drug-likeness (QED) is 0.750. The highest BCUT2D eigenvalue weighted by Crippen LogP contribution is 2.35. The summed E-state index contributed by atoms with van der Waals surface area (Å²) < 4.78 is 29.2. The topological polar surface area (TPSA) is 86.2 Å². The first-order chi connectivity index (χ1) is 11.0. The lowest BCUT2D eigenvalue weighted by molar-refractivity contribution is 0.555. The third-order valence-corrected chi connectivity index (χ3v) is 4.21. The van der Waals surface area contributed by atoms with Crippen LogP contribution in [0.2, 0.25) is 0 Å². The first-order valence-corrected chi connectivity index (χ1v) is 8.20. The van der Waals surface area contributed by atoms with Gasteiger partial charge >= 0.3 is 0 Å². The number of primary sulfonamides is 1. The summed E-state index contributed by atoms with van der Waals surface area (Å²) in [4.78, 5) is 4.22. The minimum atomic E-state index is -3.92. The molecule has 23 heavy (non-hydrogen) atoms. The standard InChI is InChI=1S/C17H12N2O3S/c1-2-15-19-16(12-8-4-3-5-9-12)17(22-15)13-10-6-7-11-14(13)23(18,20)21/h1,3-11H,(H2,18,20,21). The van der Waals surface area contributed by atoms with Crippen molar-refractivity contribution in [3.05, 3.63) is 60.5 Å². The molecule has 2 N–H and O–H groups in total. The summed E-state index contributed by atoms with van der Waals surface area (Å²) in [7, 11) is -3.92. The summed E-state index contributed by atoms with van der Waals surface area (Å²) in [5.74, 6) is 2.67. The fourth-order valence-corrected chi connectivity index (χ4v) is 2.99. The SMILES string of the molecule is C#Cc1nc(-c2ccccc2)c(-c2ccccc2S(N)(=O)=O)o1. The Hall–Kier alpha value is -2.88. The summed E-state index contributed by atoms with van der Waals surface area (Å²) in [5.41, 5.74) is 1.55. The van der Waals surface area contributed by atoms with Gasteiger partial charge in [0.15, 0.2) is 5.76 Å². The number of nitrogens with zero attached hydrogens (tertiary/aromatic N) is 1. The minimum Gasteiger partial charge on any atom is -0.429 e. The highest BCUT2D eigenvalue weighted by molar-refractivity contribution is 7.89. The van der Waals surface area contributed by atoms with Crippen LogP contribution in [0.3, 0.4) is 0 Å². The number of rotatable bonds is 3. The molecule has 1 heterocycles. The number of hydrogen-bond acceptors (Lipinski definition) is 4. The molecular weight excluding hydrogens is 312 g/mol. The van der Waals surface area contributed by atoms with E-state index in [4.69, 9.17) is 16.0 Å². The lowest BCUT2D eigenvalue weighted by atomic mass is 10.1. The Morgan fingerprint density at radius 2 is 1.70 bits per heavy atom. The molecule has 0 spiro atoms. The lowest BCUT2D eigenvalue weighted by Gasteiger charge is -2.06. The third-order valence-electron chi connectivity index (χ3n) is 3.24. The number of hydrogen-bond donors (Lipinski definition) is 1. The highest BCUT2D eigenvalue weighted by atomic mass is 32.2. The van der Waals surface area contributed by atoms with E-state index in [1.165, 1.54) is 6.07 Å². The molecule has 3 rings (SSSR count). The van der Waals surface area contributed by atoms with Crippen LogP contribution in [-0.2, 0) is 10.0 Å². The van der Waals surface area contributed by atoms with Crippen molar-refractivity contribution in [3.8, 4) is 34.9 Å². The van der Waals surface area contributed by atoms with Crippen molar-refractivity contribution in [2.45, 2.75) is 4.90 Å². The molecule has 0 radical (unpaired) electrons. The molecular formula is C17H12N2O3S. The van der Waals surface area contributed by atoms with Crippen LogP contribution < -0.4 is 5.14 Å². The van der Waals surface area contributed by atoms with Gasteiger partial charge in [-0.1, -0.05) is 42.5 Å². The Bertz CT molecular complexity index is 1000. The molecule has 0 atom stereocenters. The maximum Gasteiger partial charge on any atom is 0.274 e. The van der Waals surface area contributed by atoms with Crippen LogP contribution >= 0.6 is 0 Å². The summed E-state index contributed by atoms with van der Waals surface area (Å²) >= 11 is 0. The molecule has 0 fully saturated rings. The highest BCUT2D eigenvalue weighted by Gasteiger charge is 2.22. The van der Waals surface area contributed by atoms with E-state index < -0.39 is 10.0 Å². The lowest BCUT2D eigenvalue weighted by Crippen LogP contribution is -2.13. The maximum absolute atomic E-state index is 11.8. The van der Waals surface area contributed by atoms with Crippen LogP contribution in [0.25, 0.3) is 22.6 Å². The van der Waals surface area contributed by atoms with Crippen molar-refractivity contribution < 1.29 is 12.8 Å². The van der Waals surface area contributed by atoms with Gasteiger partial charge in [-0.2, -0.15) is 0 Å². The fourth-order valence-electron chi connectivity index (χ4n) is 2.26. The van der Waals surface area contributed by atoms with E-state index in [0.29, 0.717) is 11.3 Å². The van der Waals surface area contributed by atoms with E-state index in [9.17, 15) is 8.42 Å². The number of oxazole rings is 1. The molecule has 0 saturated heterocycles. The van der Waals surface area contributed by atoms with Gasteiger partial charge < -0.3 is 4.42 Å². The molecule has 2 aromatic carbocycles. The van der Waals surface area contributed by atoms with E-state index in [1.54, 1.807) is 18.2 Å². The normalized spacial score (nSPS) is 11.1. The van der Waals surface area contributed by atoms with Crippen molar-refractivity contribution in [2.75, 3.05) is 0 Å². The zero-order valence-electron chi connectivity index (χ0n) is 11.9. The minimum absolute atomic E-state index is 0.0445. The molecule has 5 nitrogen and oxygen atoms in total. The first kappa shape index (κ1) is 15.0. The Morgan fingerprint density at radius 1 is 1.04 bits per heavy atom. The molecule has 0 aliphatic heterocycles. The number of aromatic nitrogens is 1. The summed E-state index contributed by atoms with van der Waals surface area (Å²) in [6, 6.07) is 15.5. The molecule has 1 aromatic heterocycles. The molecule has 0 saturated carbocycles. The van der Waals surface area contributed by atoms with Crippen molar-refractivity contribution in [1.82, 2.24) is 4.98 Å². The summed E-state index contributed by atoms with van der Waals surface area (Å²) in [6.45, 7) is 0. The van der Waals surface area contributed by atoms with E-state index in [-0.39, 0.29) is 16.5 Å².